The summed E-state index contributed by atoms with van der Waals surface area (Å²) in [5.74, 6) is 1.78. The molecule has 2 aromatic rings. The smallest absolute Gasteiger partial charge is 0.240 e. The van der Waals surface area contributed by atoms with Crippen LogP contribution in [0, 0.1) is 0 Å². The fraction of sp³-hybridized carbons (Fsp3) is 0.429. The van der Waals surface area contributed by atoms with Crippen molar-refractivity contribution >= 4 is 10.0 Å². The van der Waals surface area contributed by atoms with Gasteiger partial charge in [-0.2, -0.15) is 0 Å². The third-order valence-electron chi connectivity index (χ3n) is 5.45. The second kappa shape index (κ2) is 8.61. The highest BCUT2D eigenvalue weighted by atomic mass is 32.2. The summed E-state index contributed by atoms with van der Waals surface area (Å²) >= 11 is 0. The molecule has 2 heterocycles. The molecule has 0 amide bonds. The van der Waals surface area contributed by atoms with Crippen LogP contribution >= 0.6 is 0 Å². The van der Waals surface area contributed by atoms with Crippen molar-refractivity contribution in [2.75, 3.05) is 33.5 Å². The molecule has 4 rings (SSSR count). The maximum Gasteiger partial charge on any atom is 0.240 e. The van der Waals surface area contributed by atoms with E-state index in [1.807, 2.05) is 24.3 Å². The van der Waals surface area contributed by atoms with Crippen molar-refractivity contribution in [2.45, 2.75) is 30.2 Å². The van der Waals surface area contributed by atoms with Crippen molar-refractivity contribution in [3.63, 3.8) is 0 Å². The predicted octanol–water partition coefficient (Wildman–Crippen LogP) is 2.93. The third kappa shape index (κ3) is 4.34. The Kier molecular flexibility index (Phi) is 5.94. The van der Waals surface area contributed by atoms with Crippen LogP contribution in [0.2, 0.25) is 0 Å². The lowest BCUT2D eigenvalue weighted by molar-refractivity contribution is 0.162. The molecule has 0 saturated carbocycles. The molecule has 2 aliphatic rings. The molecule has 2 aromatic carbocycles. The van der Waals surface area contributed by atoms with Crippen molar-refractivity contribution in [2.24, 2.45) is 0 Å². The molecule has 2 aliphatic heterocycles. The minimum Gasteiger partial charge on any atom is -0.496 e. The lowest BCUT2D eigenvalue weighted by atomic mass is 10.0. The number of fused-ring (bicyclic) bond motifs is 1. The first-order chi connectivity index (χ1) is 14.1. The lowest BCUT2D eigenvalue weighted by Gasteiger charge is -2.35. The first-order valence-corrected chi connectivity index (χ1v) is 11.3. The van der Waals surface area contributed by atoms with Gasteiger partial charge in [0, 0.05) is 18.2 Å². The normalized spacial score (nSPS) is 17.8. The summed E-state index contributed by atoms with van der Waals surface area (Å²) < 4.78 is 44.8. The van der Waals surface area contributed by atoms with Crippen LogP contribution in [0.15, 0.2) is 47.4 Å². The number of hydrogen-bond acceptors (Lipinski definition) is 6. The Morgan fingerprint density at radius 1 is 1.07 bits per heavy atom. The Bertz CT molecular complexity index is 957. The van der Waals surface area contributed by atoms with E-state index in [2.05, 4.69) is 9.62 Å². The molecule has 8 heteroatoms. The van der Waals surface area contributed by atoms with Crippen molar-refractivity contribution in [1.82, 2.24) is 9.62 Å². The van der Waals surface area contributed by atoms with Gasteiger partial charge in [0.2, 0.25) is 16.8 Å². The van der Waals surface area contributed by atoms with E-state index >= 15 is 0 Å². The van der Waals surface area contributed by atoms with Gasteiger partial charge in [-0.15, -0.1) is 0 Å². The van der Waals surface area contributed by atoms with Crippen molar-refractivity contribution in [3.05, 3.63) is 48.0 Å². The predicted molar refractivity (Wildman–Crippen MR) is 109 cm³/mol. The van der Waals surface area contributed by atoms with E-state index in [1.165, 1.54) is 18.6 Å². The summed E-state index contributed by atoms with van der Waals surface area (Å²) in [6, 6.07) is 12.4. The Labute approximate surface area is 171 Å². The average Bonchev–Trinajstić information content (AvgIpc) is 3.23. The van der Waals surface area contributed by atoms with Crippen molar-refractivity contribution in [3.8, 4) is 17.2 Å². The van der Waals surface area contributed by atoms with Crippen molar-refractivity contribution < 1.29 is 22.6 Å². The van der Waals surface area contributed by atoms with Gasteiger partial charge in [-0.05, 0) is 44.1 Å². The number of methoxy groups -OCH3 is 1. The van der Waals surface area contributed by atoms with Crippen molar-refractivity contribution in [1.29, 1.82) is 0 Å². The van der Waals surface area contributed by atoms with E-state index in [0.29, 0.717) is 11.5 Å². The van der Waals surface area contributed by atoms with Gasteiger partial charge in [0.05, 0.1) is 18.0 Å². The maximum atomic E-state index is 12.9. The molecule has 1 N–H and O–H groups in total. The van der Waals surface area contributed by atoms with Gasteiger partial charge < -0.3 is 14.2 Å². The van der Waals surface area contributed by atoms with Crippen LogP contribution in [0.4, 0.5) is 0 Å². The summed E-state index contributed by atoms with van der Waals surface area (Å²) in [5.41, 5.74) is 0.991. The SMILES string of the molecule is COc1ccccc1[C@@H](CNS(=O)(=O)c1ccc2c(c1)OCO2)N1CCCCC1. The number of benzene rings is 2. The Balaban J connectivity index is 1.57. The number of hydrogen-bond donors (Lipinski definition) is 1. The molecule has 0 unspecified atom stereocenters. The first-order valence-electron chi connectivity index (χ1n) is 9.85. The van der Waals surface area contributed by atoms with Gasteiger partial charge >= 0.3 is 0 Å². The minimum atomic E-state index is -3.70. The molecule has 1 fully saturated rings. The van der Waals surface area contributed by atoms with E-state index in [0.717, 1.165) is 37.2 Å². The zero-order valence-electron chi connectivity index (χ0n) is 16.5. The summed E-state index contributed by atoms with van der Waals surface area (Å²) in [4.78, 5) is 2.50. The zero-order chi connectivity index (χ0) is 20.3. The number of likely N-dealkylation sites (tertiary alicyclic amines) is 1. The lowest BCUT2D eigenvalue weighted by Crippen LogP contribution is -2.40. The number of nitrogens with zero attached hydrogens (tertiary/aromatic N) is 1. The quantitative estimate of drug-likeness (QED) is 0.745. The number of rotatable bonds is 7. The van der Waals surface area contributed by atoms with Gasteiger partial charge in [-0.1, -0.05) is 24.6 Å². The highest BCUT2D eigenvalue weighted by Crippen LogP contribution is 2.34. The highest BCUT2D eigenvalue weighted by molar-refractivity contribution is 7.89. The molecular weight excluding hydrogens is 392 g/mol. The Hall–Kier alpha value is -2.29. The van der Waals surface area contributed by atoms with Crippen LogP contribution in [0.5, 0.6) is 17.2 Å². The minimum absolute atomic E-state index is 0.102. The van der Waals surface area contributed by atoms with Crippen LogP contribution < -0.4 is 18.9 Å². The van der Waals surface area contributed by atoms with Gasteiger partial charge in [0.25, 0.3) is 0 Å². The Morgan fingerprint density at radius 2 is 1.83 bits per heavy atom. The van der Waals surface area contributed by atoms with Crippen LogP contribution in [0.25, 0.3) is 0 Å². The van der Waals surface area contributed by atoms with Crippen LogP contribution in [0.3, 0.4) is 0 Å². The molecule has 1 atom stereocenters. The summed E-state index contributed by atoms with van der Waals surface area (Å²) in [6.07, 6.45) is 3.43. The molecular formula is C21H26N2O5S. The largest absolute Gasteiger partial charge is 0.496 e. The molecule has 0 bridgehead atoms. The fourth-order valence-electron chi connectivity index (χ4n) is 3.92. The van der Waals surface area contributed by atoms with Crippen LogP contribution in [0.1, 0.15) is 30.9 Å². The van der Waals surface area contributed by atoms with E-state index < -0.39 is 10.0 Å². The van der Waals surface area contributed by atoms with E-state index in [4.69, 9.17) is 14.2 Å². The first kappa shape index (κ1) is 20.0. The molecule has 1 saturated heterocycles. The number of nitrogens with one attached hydrogen (secondary N) is 1. The Morgan fingerprint density at radius 3 is 2.62 bits per heavy atom. The molecule has 156 valence electrons. The average molecular weight is 419 g/mol. The number of ether oxygens (including phenoxy) is 3. The number of para-hydroxylation sites is 1. The monoisotopic (exact) mass is 418 g/mol. The van der Waals surface area contributed by atoms with Crippen LogP contribution in [-0.2, 0) is 10.0 Å². The standard InChI is InChI=1S/C21H26N2O5S/c1-26-19-8-4-3-7-17(19)18(23-11-5-2-6-12-23)14-22-29(24,25)16-9-10-20-21(13-16)28-15-27-20/h3-4,7-10,13,18,22H,2,5-6,11-12,14-15H2,1H3/t18-/m1/s1. The van der Waals surface area contributed by atoms with E-state index in [1.54, 1.807) is 13.2 Å². The van der Waals surface area contributed by atoms with E-state index in [9.17, 15) is 8.42 Å². The molecule has 0 spiro atoms. The summed E-state index contributed by atoms with van der Waals surface area (Å²) in [7, 11) is -2.05. The fourth-order valence-corrected chi connectivity index (χ4v) is 4.98. The second-order valence-electron chi connectivity index (χ2n) is 7.22. The second-order valence-corrected chi connectivity index (χ2v) is 8.99. The molecule has 7 nitrogen and oxygen atoms in total. The highest BCUT2D eigenvalue weighted by Gasteiger charge is 2.27. The number of sulfonamides is 1. The molecule has 0 radical (unpaired) electrons. The maximum absolute atomic E-state index is 12.9. The van der Waals surface area contributed by atoms with Gasteiger partial charge in [0.15, 0.2) is 11.5 Å². The molecule has 0 aliphatic carbocycles. The third-order valence-corrected chi connectivity index (χ3v) is 6.87. The summed E-state index contributed by atoms with van der Waals surface area (Å²) in [5, 5.41) is 0. The van der Waals surface area contributed by atoms with Crippen LogP contribution in [-0.4, -0.2) is 46.9 Å². The van der Waals surface area contributed by atoms with E-state index in [-0.39, 0.29) is 24.3 Å². The molecule has 29 heavy (non-hydrogen) atoms. The number of piperidine rings is 1. The molecule has 0 aromatic heterocycles. The zero-order valence-corrected chi connectivity index (χ0v) is 17.3. The topological polar surface area (TPSA) is 77.1 Å². The van der Waals surface area contributed by atoms with Gasteiger partial charge in [0.1, 0.15) is 5.75 Å². The van der Waals surface area contributed by atoms with Gasteiger partial charge in [-0.3, -0.25) is 4.90 Å². The summed E-state index contributed by atoms with van der Waals surface area (Å²) in [6.45, 7) is 2.25. The van der Waals surface area contributed by atoms with Gasteiger partial charge in [-0.25, -0.2) is 13.1 Å².